The Bertz CT molecular complexity index is 972. The second-order valence-electron chi connectivity index (χ2n) is 7.00. The third-order valence-electron chi connectivity index (χ3n) is 4.76. The first kappa shape index (κ1) is 23.0. The van der Waals surface area contributed by atoms with Crippen LogP contribution in [-0.2, 0) is 11.3 Å². The zero-order valence-corrected chi connectivity index (χ0v) is 18.9. The Morgan fingerprint density at radius 1 is 0.871 bits per heavy atom. The molecule has 0 unspecified atom stereocenters. The maximum atomic E-state index is 12.3. The van der Waals surface area contributed by atoms with Crippen LogP contribution in [0.1, 0.15) is 21.5 Å². The van der Waals surface area contributed by atoms with E-state index in [1.54, 1.807) is 24.3 Å². The van der Waals surface area contributed by atoms with Gasteiger partial charge in [0.15, 0.2) is 0 Å². The molecule has 0 saturated heterocycles. The number of halogens is 2. The molecule has 3 aromatic carbocycles. The molecule has 0 aliphatic carbocycles. The maximum absolute atomic E-state index is 12.3. The number of alkyl halides is 2. The van der Waals surface area contributed by atoms with Gasteiger partial charge in [0.25, 0.3) is 0 Å². The van der Waals surface area contributed by atoms with Gasteiger partial charge in [-0.05, 0) is 60.5 Å². The fraction of sp³-hybridized carbons (Fsp3) is 0.240. The fourth-order valence-corrected chi connectivity index (χ4v) is 3.61. The van der Waals surface area contributed by atoms with Crippen LogP contribution in [0.4, 0.5) is 5.69 Å². The van der Waals surface area contributed by atoms with E-state index in [4.69, 9.17) is 32.7 Å². The van der Waals surface area contributed by atoms with Crippen LogP contribution >= 0.6 is 23.2 Å². The number of carbonyl (C=O) groups is 1. The van der Waals surface area contributed by atoms with Gasteiger partial charge in [0.2, 0.25) is 0 Å². The van der Waals surface area contributed by atoms with Crippen LogP contribution in [0.25, 0.3) is 0 Å². The zero-order chi connectivity index (χ0) is 22.1. The molecule has 0 radical (unpaired) electrons. The Kier molecular flexibility index (Phi) is 8.63. The number of anilines is 1. The van der Waals surface area contributed by atoms with Crippen molar-refractivity contribution in [2.24, 2.45) is 0 Å². The van der Waals surface area contributed by atoms with Crippen molar-refractivity contribution in [3.8, 4) is 11.5 Å². The van der Waals surface area contributed by atoms with Gasteiger partial charge in [0.1, 0.15) is 18.1 Å². The number of esters is 1. The van der Waals surface area contributed by atoms with Crippen LogP contribution < -0.4 is 9.64 Å². The quantitative estimate of drug-likeness (QED) is 0.259. The highest BCUT2D eigenvalue weighted by Gasteiger charge is 2.11. The molecule has 4 nitrogen and oxygen atoms in total. The second kappa shape index (κ2) is 11.6. The summed E-state index contributed by atoms with van der Waals surface area (Å²) in [5.74, 6) is 2.07. The van der Waals surface area contributed by atoms with Crippen molar-refractivity contribution in [2.45, 2.75) is 13.5 Å². The molecule has 6 heteroatoms. The van der Waals surface area contributed by atoms with Crippen molar-refractivity contribution in [2.75, 3.05) is 29.7 Å². The molecule has 3 rings (SSSR count). The molecule has 0 atom stereocenters. The van der Waals surface area contributed by atoms with Gasteiger partial charge in [-0.2, -0.15) is 0 Å². The minimum atomic E-state index is -0.366. The second-order valence-corrected chi connectivity index (χ2v) is 7.76. The summed E-state index contributed by atoms with van der Waals surface area (Å²) < 4.78 is 11.3. The van der Waals surface area contributed by atoms with Gasteiger partial charge >= 0.3 is 5.97 Å². The Balaban J connectivity index is 1.61. The van der Waals surface area contributed by atoms with E-state index >= 15 is 0 Å². The van der Waals surface area contributed by atoms with Crippen molar-refractivity contribution in [1.29, 1.82) is 0 Å². The third kappa shape index (κ3) is 6.65. The first-order valence-electron chi connectivity index (χ1n) is 10.1. The maximum Gasteiger partial charge on any atom is 0.338 e. The molecule has 0 heterocycles. The van der Waals surface area contributed by atoms with Crippen LogP contribution in [0.5, 0.6) is 11.5 Å². The van der Waals surface area contributed by atoms with Crippen molar-refractivity contribution in [3.05, 3.63) is 89.5 Å². The van der Waals surface area contributed by atoms with Crippen LogP contribution in [0.2, 0.25) is 0 Å². The molecule has 0 spiro atoms. The van der Waals surface area contributed by atoms with Crippen molar-refractivity contribution in [3.63, 3.8) is 0 Å². The molecule has 3 aromatic rings. The van der Waals surface area contributed by atoms with Crippen molar-refractivity contribution in [1.82, 2.24) is 0 Å². The summed E-state index contributed by atoms with van der Waals surface area (Å²) in [6.45, 7) is 3.74. The van der Waals surface area contributed by atoms with E-state index in [0.717, 1.165) is 35.7 Å². The zero-order valence-electron chi connectivity index (χ0n) is 17.4. The standard InChI is InChI=1S/C25H25Cl2NO3/c1-19-17-23(11-12-24(19)28(15-13-26)16-14-27)31-22-9-7-21(8-10-22)25(29)30-18-20-5-3-2-4-6-20/h2-12,17H,13-16,18H2,1H3. The van der Waals surface area contributed by atoms with E-state index in [1.807, 2.05) is 55.5 Å². The minimum Gasteiger partial charge on any atom is -0.457 e. The predicted molar refractivity (Wildman–Crippen MR) is 127 cm³/mol. The molecule has 31 heavy (non-hydrogen) atoms. The molecule has 0 saturated carbocycles. The van der Waals surface area contributed by atoms with Gasteiger partial charge in [0.05, 0.1) is 5.56 Å². The average Bonchev–Trinajstić information content (AvgIpc) is 2.79. The highest BCUT2D eigenvalue weighted by molar-refractivity contribution is 6.18. The molecule has 0 fully saturated rings. The summed E-state index contributed by atoms with van der Waals surface area (Å²) in [5.41, 5.74) is 3.59. The van der Waals surface area contributed by atoms with Gasteiger partial charge in [-0.25, -0.2) is 4.79 Å². The van der Waals surface area contributed by atoms with E-state index in [1.165, 1.54) is 0 Å². The number of nitrogens with zero attached hydrogens (tertiary/aromatic N) is 1. The summed E-state index contributed by atoms with van der Waals surface area (Å²) in [7, 11) is 0. The van der Waals surface area contributed by atoms with E-state index in [2.05, 4.69) is 4.90 Å². The average molecular weight is 458 g/mol. The highest BCUT2D eigenvalue weighted by atomic mass is 35.5. The Morgan fingerprint density at radius 3 is 2.13 bits per heavy atom. The molecule has 0 aliphatic heterocycles. The van der Waals surface area contributed by atoms with E-state index in [0.29, 0.717) is 23.1 Å². The molecular formula is C25H25Cl2NO3. The number of hydrogen-bond acceptors (Lipinski definition) is 4. The monoisotopic (exact) mass is 457 g/mol. The van der Waals surface area contributed by atoms with E-state index < -0.39 is 0 Å². The molecule has 0 aromatic heterocycles. The predicted octanol–water partition coefficient (Wildman–Crippen LogP) is 6.43. The topological polar surface area (TPSA) is 38.8 Å². The van der Waals surface area contributed by atoms with Crippen molar-refractivity contribution < 1.29 is 14.3 Å². The number of rotatable bonds is 10. The van der Waals surface area contributed by atoms with Gasteiger partial charge in [-0.1, -0.05) is 30.3 Å². The number of carbonyl (C=O) groups excluding carboxylic acids is 1. The Labute approximate surface area is 193 Å². The number of hydrogen-bond donors (Lipinski definition) is 0. The lowest BCUT2D eigenvalue weighted by Gasteiger charge is -2.25. The highest BCUT2D eigenvalue weighted by Crippen LogP contribution is 2.28. The number of ether oxygens (including phenoxy) is 2. The lowest BCUT2D eigenvalue weighted by Crippen LogP contribution is -2.28. The Hall–Kier alpha value is -2.69. The van der Waals surface area contributed by atoms with Crippen LogP contribution in [0.3, 0.4) is 0 Å². The van der Waals surface area contributed by atoms with Gasteiger partial charge < -0.3 is 14.4 Å². The van der Waals surface area contributed by atoms with Crippen molar-refractivity contribution >= 4 is 34.9 Å². The molecule has 162 valence electrons. The van der Waals surface area contributed by atoms with Gasteiger partial charge in [-0.3, -0.25) is 0 Å². The smallest absolute Gasteiger partial charge is 0.338 e. The lowest BCUT2D eigenvalue weighted by molar-refractivity contribution is 0.0472. The van der Waals surface area contributed by atoms with Crippen LogP contribution in [-0.4, -0.2) is 30.8 Å². The van der Waals surface area contributed by atoms with Gasteiger partial charge in [-0.15, -0.1) is 23.2 Å². The Morgan fingerprint density at radius 2 is 1.52 bits per heavy atom. The number of benzene rings is 3. The fourth-order valence-electron chi connectivity index (χ4n) is 3.20. The van der Waals surface area contributed by atoms with E-state index in [9.17, 15) is 4.79 Å². The first-order chi connectivity index (χ1) is 15.1. The lowest BCUT2D eigenvalue weighted by atomic mass is 10.1. The minimum absolute atomic E-state index is 0.244. The molecular weight excluding hydrogens is 433 g/mol. The van der Waals surface area contributed by atoms with Crippen LogP contribution in [0, 0.1) is 6.92 Å². The largest absolute Gasteiger partial charge is 0.457 e. The number of aryl methyl sites for hydroxylation is 1. The summed E-state index contributed by atoms with van der Waals surface area (Å²) in [4.78, 5) is 14.4. The molecule has 0 bridgehead atoms. The van der Waals surface area contributed by atoms with Gasteiger partial charge in [0, 0.05) is 30.5 Å². The molecule has 0 amide bonds. The molecule has 0 aliphatic rings. The summed E-state index contributed by atoms with van der Waals surface area (Å²) in [6.07, 6.45) is 0. The SMILES string of the molecule is Cc1cc(Oc2ccc(C(=O)OCc3ccccc3)cc2)ccc1N(CCCl)CCCl. The van der Waals surface area contributed by atoms with E-state index in [-0.39, 0.29) is 12.6 Å². The normalized spacial score (nSPS) is 10.5. The molecule has 0 N–H and O–H groups in total. The summed E-state index contributed by atoms with van der Waals surface area (Å²) in [5, 5.41) is 0. The summed E-state index contributed by atoms with van der Waals surface area (Å²) >= 11 is 11.8. The first-order valence-corrected chi connectivity index (χ1v) is 11.1. The third-order valence-corrected chi connectivity index (χ3v) is 5.09. The van der Waals surface area contributed by atoms with Crippen LogP contribution in [0.15, 0.2) is 72.8 Å². The summed E-state index contributed by atoms with van der Waals surface area (Å²) in [6, 6.07) is 22.4.